The van der Waals surface area contributed by atoms with Gasteiger partial charge in [0.25, 0.3) is 0 Å². The molecule has 5 heteroatoms. The Labute approximate surface area is 143 Å². The minimum atomic E-state index is -1.78. The number of rotatable bonds is 7. The third-order valence-electron chi connectivity index (χ3n) is 5.32. The molecule has 0 unspecified atom stereocenters. The van der Waals surface area contributed by atoms with E-state index in [1.54, 1.807) is 0 Å². The van der Waals surface area contributed by atoms with Crippen LogP contribution >= 0.6 is 0 Å². The van der Waals surface area contributed by atoms with Crippen LogP contribution in [0.5, 0.6) is 0 Å². The van der Waals surface area contributed by atoms with Gasteiger partial charge < -0.3 is 13.9 Å². The molecule has 0 bridgehead atoms. The fourth-order valence-corrected chi connectivity index (χ4v) is 4.07. The van der Waals surface area contributed by atoms with Crippen LogP contribution in [0.4, 0.5) is 0 Å². The van der Waals surface area contributed by atoms with Gasteiger partial charge in [0.15, 0.2) is 8.32 Å². The molecule has 4 nitrogen and oxygen atoms in total. The molecule has 136 valence electrons. The molecule has 1 rings (SSSR count). The highest BCUT2D eigenvalue weighted by molar-refractivity contribution is 6.74. The van der Waals surface area contributed by atoms with E-state index in [1.807, 2.05) is 0 Å². The Bertz CT molecular complexity index is 376. The van der Waals surface area contributed by atoms with Crippen molar-refractivity contribution < 1.29 is 18.7 Å². The van der Waals surface area contributed by atoms with E-state index in [1.165, 1.54) is 7.11 Å². The number of ether oxygens (including phenoxy) is 2. The van der Waals surface area contributed by atoms with Gasteiger partial charge in [-0.15, -0.1) is 0 Å². The van der Waals surface area contributed by atoms with E-state index in [0.717, 1.165) is 32.3 Å². The molecule has 1 fully saturated rings. The summed E-state index contributed by atoms with van der Waals surface area (Å²) in [4.78, 5) is 11.4. The van der Waals surface area contributed by atoms with E-state index < -0.39 is 8.32 Å². The Morgan fingerprint density at radius 3 is 2.57 bits per heavy atom. The van der Waals surface area contributed by atoms with Gasteiger partial charge in [0.2, 0.25) is 0 Å². The Hall–Kier alpha value is -0.393. The van der Waals surface area contributed by atoms with E-state index >= 15 is 0 Å². The monoisotopic (exact) mass is 344 g/mol. The van der Waals surface area contributed by atoms with Crippen LogP contribution in [-0.2, 0) is 18.7 Å². The van der Waals surface area contributed by atoms with Gasteiger partial charge in [-0.3, -0.25) is 4.79 Å². The Balaban J connectivity index is 2.56. The fraction of sp³-hybridized carbons (Fsp3) is 0.944. The van der Waals surface area contributed by atoms with Crippen LogP contribution in [0.2, 0.25) is 18.1 Å². The van der Waals surface area contributed by atoms with Crippen LogP contribution in [0.1, 0.15) is 59.8 Å². The molecule has 0 aromatic rings. The molecule has 1 saturated heterocycles. The summed E-state index contributed by atoms with van der Waals surface area (Å²) in [7, 11) is -0.330. The van der Waals surface area contributed by atoms with Gasteiger partial charge in [-0.05, 0) is 49.7 Å². The average molecular weight is 345 g/mol. The normalized spacial score (nSPS) is 24.3. The van der Waals surface area contributed by atoms with Crippen LogP contribution in [-0.4, -0.2) is 40.2 Å². The smallest absolute Gasteiger partial charge is 0.305 e. The molecule has 1 aliphatic heterocycles. The molecule has 0 aliphatic carbocycles. The first kappa shape index (κ1) is 20.7. The fourth-order valence-electron chi connectivity index (χ4n) is 2.69. The van der Waals surface area contributed by atoms with Crippen molar-refractivity contribution in [2.24, 2.45) is 5.92 Å². The van der Waals surface area contributed by atoms with Crippen LogP contribution in [0, 0.1) is 5.92 Å². The lowest BCUT2D eigenvalue weighted by Gasteiger charge is -2.43. The average Bonchev–Trinajstić information content (AvgIpc) is 2.44. The van der Waals surface area contributed by atoms with Gasteiger partial charge in [0, 0.05) is 13.0 Å². The highest BCUT2D eigenvalue weighted by Crippen LogP contribution is 2.39. The van der Waals surface area contributed by atoms with E-state index in [0.29, 0.717) is 12.3 Å². The van der Waals surface area contributed by atoms with Crippen LogP contribution < -0.4 is 0 Å². The first-order valence-electron chi connectivity index (χ1n) is 8.93. The van der Waals surface area contributed by atoms with Gasteiger partial charge in [-0.2, -0.15) is 0 Å². The highest BCUT2D eigenvalue weighted by atomic mass is 28.4. The van der Waals surface area contributed by atoms with Crippen LogP contribution in [0.15, 0.2) is 0 Å². The summed E-state index contributed by atoms with van der Waals surface area (Å²) >= 11 is 0. The summed E-state index contributed by atoms with van der Waals surface area (Å²) in [6, 6.07) is 0. The zero-order valence-corrected chi connectivity index (χ0v) is 17.1. The minimum absolute atomic E-state index is 0.129. The number of carbonyl (C=O) groups is 1. The molecule has 1 aliphatic rings. The first-order chi connectivity index (χ1) is 10.6. The minimum Gasteiger partial charge on any atom is -0.469 e. The molecule has 0 spiro atoms. The zero-order valence-electron chi connectivity index (χ0n) is 16.1. The molecular weight excluding hydrogens is 308 g/mol. The molecule has 0 aromatic heterocycles. The summed E-state index contributed by atoms with van der Waals surface area (Å²) in [6.45, 7) is 14.4. The molecule has 3 atom stereocenters. The van der Waals surface area contributed by atoms with E-state index in [2.05, 4.69) is 40.8 Å². The lowest BCUT2D eigenvalue weighted by Crippen LogP contribution is -2.49. The summed E-state index contributed by atoms with van der Waals surface area (Å²) in [5.74, 6) is 0.192. The van der Waals surface area contributed by atoms with Gasteiger partial charge in [0.05, 0.1) is 19.3 Å². The van der Waals surface area contributed by atoms with Gasteiger partial charge in [-0.1, -0.05) is 27.7 Å². The Morgan fingerprint density at radius 1 is 1.35 bits per heavy atom. The maximum atomic E-state index is 11.4. The van der Waals surface area contributed by atoms with Crippen molar-refractivity contribution in [3.8, 4) is 0 Å². The van der Waals surface area contributed by atoms with Crippen molar-refractivity contribution in [2.45, 2.75) is 90.1 Å². The molecule has 0 amide bonds. The molecule has 0 N–H and O–H groups in total. The van der Waals surface area contributed by atoms with Gasteiger partial charge in [-0.25, -0.2) is 0 Å². The second-order valence-corrected chi connectivity index (χ2v) is 13.2. The molecule has 1 heterocycles. The molecule has 23 heavy (non-hydrogen) atoms. The van der Waals surface area contributed by atoms with Crippen LogP contribution in [0.25, 0.3) is 0 Å². The van der Waals surface area contributed by atoms with E-state index in [4.69, 9.17) is 13.9 Å². The second-order valence-electron chi connectivity index (χ2n) is 8.43. The van der Waals surface area contributed by atoms with Crippen molar-refractivity contribution >= 4 is 14.3 Å². The molecule has 0 saturated carbocycles. The first-order valence-corrected chi connectivity index (χ1v) is 11.8. The SMILES string of the molecule is COC(=O)C[C@@H](C)CC[C@H]1OCCC[C@@H]1O[Si](C)(C)C(C)(C)C. The predicted octanol–water partition coefficient (Wildman–Crippen LogP) is 4.54. The maximum absolute atomic E-state index is 11.4. The molecule has 0 aromatic carbocycles. The lowest BCUT2D eigenvalue weighted by molar-refractivity contribution is -0.141. The maximum Gasteiger partial charge on any atom is 0.305 e. The van der Waals surface area contributed by atoms with Crippen LogP contribution in [0.3, 0.4) is 0 Å². The summed E-state index contributed by atoms with van der Waals surface area (Å²) in [6.07, 6.45) is 4.94. The van der Waals surface area contributed by atoms with E-state index in [-0.39, 0.29) is 23.2 Å². The number of methoxy groups -OCH3 is 1. The zero-order chi connectivity index (χ0) is 17.7. The number of hydrogen-bond donors (Lipinski definition) is 0. The van der Waals surface area contributed by atoms with Crippen molar-refractivity contribution in [3.05, 3.63) is 0 Å². The van der Waals surface area contributed by atoms with Crippen molar-refractivity contribution in [1.82, 2.24) is 0 Å². The highest BCUT2D eigenvalue weighted by Gasteiger charge is 2.41. The van der Waals surface area contributed by atoms with Gasteiger partial charge >= 0.3 is 5.97 Å². The summed E-state index contributed by atoms with van der Waals surface area (Å²) in [5.41, 5.74) is 0. The van der Waals surface area contributed by atoms with Crippen molar-refractivity contribution in [2.75, 3.05) is 13.7 Å². The molecule has 0 radical (unpaired) electrons. The number of esters is 1. The second kappa shape index (κ2) is 8.63. The summed E-state index contributed by atoms with van der Waals surface area (Å²) in [5, 5.41) is 0.215. The van der Waals surface area contributed by atoms with Gasteiger partial charge in [0.1, 0.15) is 0 Å². The topological polar surface area (TPSA) is 44.8 Å². The third-order valence-corrected chi connectivity index (χ3v) is 9.82. The molecular formula is C18H36O4Si. The van der Waals surface area contributed by atoms with E-state index in [9.17, 15) is 4.79 Å². The Kier molecular flexibility index (Phi) is 7.75. The quantitative estimate of drug-likeness (QED) is 0.502. The summed E-state index contributed by atoms with van der Waals surface area (Å²) < 4.78 is 17.4. The largest absolute Gasteiger partial charge is 0.469 e. The predicted molar refractivity (Wildman–Crippen MR) is 96.1 cm³/mol. The number of hydrogen-bond acceptors (Lipinski definition) is 4. The standard InChI is InChI=1S/C18H36O4Si/c1-14(13-17(19)20-5)10-11-15-16(9-8-12-21-15)22-23(6,7)18(2,3)4/h14-16H,8-13H2,1-7H3/t14-,15+,16-/m0/s1. The Morgan fingerprint density at radius 2 is 2.00 bits per heavy atom. The number of carbonyl (C=O) groups excluding carboxylic acids is 1. The van der Waals surface area contributed by atoms with Crippen molar-refractivity contribution in [1.29, 1.82) is 0 Å². The van der Waals surface area contributed by atoms with Crippen molar-refractivity contribution in [3.63, 3.8) is 0 Å². The lowest BCUT2D eigenvalue weighted by atomic mass is 9.95. The third kappa shape index (κ3) is 6.55.